The van der Waals surface area contributed by atoms with Crippen LogP contribution in [0.4, 0.5) is 11.4 Å². The number of pyridine rings is 1. The number of rotatable bonds is 2. The second kappa shape index (κ2) is 4.88. The smallest absolute Gasteiger partial charge is 0.278 e. The number of non-ortho nitro benzene ring substituents is 1. The SMILES string of the molecule is O=C1CCN(c2ccc([N+](=O)[O-])c3cccnc23)CC1. The van der Waals surface area contributed by atoms with Gasteiger partial charge in [-0.3, -0.25) is 19.9 Å². The van der Waals surface area contributed by atoms with Crippen LogP contribution in [-0.2, 0) is 4.79 Å². The summed E-state index contributed by atoms with van der Waals surface area (Å²) in [6.45, 7) is 1.28. The number of hydrogen-bond donors (Lipinski definition) is 0. The number of nitro benzene ring substituents is 1. The minimum atomic E-state index is -0.395. The molecule has 2 heterocycles. The molecule has 0 radical (unpaired) electrons. The predicted octanol–water partition coefficient (Wildman–Crippen LogP) is 2.31. The molecule has 6 nitrogen and oxygen atoms in total. The third kappa shape index (κ3) is 2.09. The molecule has 0 spiro atoms. The van der Waals surface area contributed by atoms with Crippen LogP contribution in [0.15, 0.2) is 30.5 Å². The number of ketones is 1. The Morgan fingerprint density at radius 3 is 2.65 bits per heavy atom. The van der Waals surface area contributed by atoms with E-state index in [4.69, 9.17) is 0 Å². The minimum Gasteiger partial charge on any atom is -0.369 e. The number of nitro groups is 1. The summed E-state index contributed by atoms with van der Waals surface area (Å²) in [6.07, 6.45) is 2.67. The van der Waals surface area contributed by atoms with Crippen LogP contribution in [0.2, 0.25) is 0 Å². The molecule has 1 aliphatic rings. The summed E-state index contributed by atoms with van der Waals surface area (Å²) in [6, 6.07) is 6.64. The molecule has 0 N–H and O–H groups in total. The van der Waals surface area contributed by atoms with Crippen LogP contribution in [0.1, 0.15) is 12.8 Å². The molecule has 1 aromatic heterocycles. The summed E-state index contributed by atoms with van der Waals surface area (Å²) in [5, 5.41) is 11.6. The zero-order chi connectivity index (χ0) is 14.1. The van der Waals surface area contributed by atoms with Gasteiger partial charge in [-0.05, 0) is 18.2 Å². The van der Waals surface area contributed by atoms with E-state index in [0.717, 1.165) is 5.69 Å². The van der Waals surface area contributed by atoms with Crippen LogP contribution in [0, 0.1) is 10.1 Å². The molecule has 1 fully saturated rings. The summed E-state index contributed by atoms with van der Waals surface area (Å²) in [4.78, 5) is 28.3. The van der Waals surface area contributed by atoms with E-state index >= 15 is 0 Å². The summed E-state index contributed by atoms with van der Waals surface area (Å²) >= 11 is 0. The van der Waals surface area contributed by atoms with Gasteiger partial charge < -0.3 is 4.90 Å². The molecule has 0 atom stereocenters. The van der Waals surface area contributed by atoms with Crippen molar-refractivity contribution in [3.63, 3.8) is 0 Å². The monoisotopic (exact) mass is 271 g/mol. The van der Waals surface area contributed by atoms with Gasteiger partial charge in [-0.2, -0.15) is 0 Å². The Labute approximate surface area is 115 Å². The molecular weight excluding hydrogens is 258 g/mol. The standard InChI is InChI=1S/C14H13N3O3/c18-10-5-8-16(9-6-10)13-4-3-12(17(19)20)11-2-1-7-15-14(11)13/h1-4,7H,5-6,8-9H2. The average Bonchev–Trinajstić information content (AvgIpc) is 2.47. The number of aromatic nitrogens is 1. The molecule has 102 valence electrons. The van der Waals surface area contributed by atoms with Crippen molar-refractivity contribution in [1.29, 1.82) is 0 Å². The van der Waals surface area contributed by atoms with Crippen molar-refractivity contribution in [1.82, 2.24) is 4.98 Å². The quantitative estimate of drug-likeness (QED) is 0.618. The summed E-state index contributed by atoms with van der Waals surface area (Å²) in [5.41, 5.74) is 1.54. The topological polar surface area (TPSA) is 76.3 Å². The first-order chi connectivity index (χ1) is 9.66. The zero-order valence-electron chi connectivity index (χ0n) is 10.8. The van der Waals surface area contributed by atoms with Gasteiger partial charge in [0.2, 0.25) is 0 Å². The largest absolute Gasteiger partial charge is 0.369 e. The number of carbonyl (C=O) groups is 1. The lowest BCUT2D eigenvalue weighted by atomic mass is 10.1. The summed E-state index contributed by atoms with van der Waals surface area (Å²) < 4.78 is 0. The molecule has 0 aliphatic carbocycles. The molecule has 1 saturated heterocycles. The number of fused-ring (bicyclic) bond motifs is 1. The van der Waals surface area contributed by atoms with Gasteiger partial charge in [-0.1, -0.05) is 0 Å². The molecule has 6 heteroatoms. The fourth-order valence-corrected chi connectivity index (χ4v) is 2.55. The second-order valence-corrected chi connectivity index (χ2v) is 4.79. The Morgan fingerprint density at radius 1 is 1.20 bits per heavy atom. The van der Waals surface area contributed by atoms with E-state index in [0.29, 0.717) is 36.8 Å². The van der Waals surface area contributed by atoms with Gasteiger partial charge in [-0.15, -0.1) is 0 Å². The average molecular weight is 271 g/mol. The third-order valence-electron chi connectivity index (χ3n) is 3.58. The van der Waals surface area contributed by atoms with Gasteiger partial charge >= 0.3 is 0 Å². The molecule has 0 bridgehead atoms. The Bertz CT molecular complexity index is 689. The highest BCUT2D eigenvalue weighted by molar-refractivity contribution is 5.97. The Morgan fingerprint density at radius 2 is 1.95 bits per heavy atom. The van der Waals surface area contributed by atoms with E-state index in [2.05, 4.69) is 9.88 Å². The van der Waals surface area contributed by atoms with Gasteiger partial charge in [0.25, 0.3) is 5.69 Å². The number of benzene rings is 1. The van der Waals surface area contributed by atoms with Gasteiger partial charge in [0.1, 0.15) is 11.3 Å². The van der Waals surface area contributed by atoms with Crippen LogP contribution in [0.5, 0.6) is 0 Å². The van der Waals surface area contributed by atoms with Crippen LogP contribution >= 0.6 is 0 Å². The zero-order valence-corrected chi connectivity index (χ0v) is 10.8. The van der Waals surface area contributed by atoms with E-state index in [1.807, 2.05) is 0 Å². The Kier molecular flexibility index (Phi) is 3.06. The highest BCUT2D eigenvalue weighted by Gasteiger charge is 2.21. The maximum absolute atomic E-state index is 11.3. The maximum Gasteiger partial charge on any atom is 0.278 e. The lowest BCUT2D eigenvalue weighted by Crippen LogP contribution is -2.33. The maximum atomic E-state index is 11.3. The molecule has 0 saturated carbocycles. The lowest BCUT2D eigenvalue weighted by molar-refractivity contribution is -0.383. The van der Waals surface area contributed by atoms with Crippen molar-refractivity contribution in [3.8, 4) is 0 Å². The van der Waals surface area contributed by atoms with Gasteiger partial charge in [0.05, 0.1) is 16.0 Å². The van der Waals surface area contributed by atoms with Crippen molar-refractivity contribution >= 4 is 28.1 Å². The van der Waals surface area contributed by atoms with E-state index in [9.17, 15) is 14.9 Å². The molecule has 20 heavy (non-hydrogen) atoms. The normalized spacial score (nSPS) is 15.6. The van der Waals surface area contributed by atoms with Gasteiger partial charge in [0.15, 0.2) is 0 Å². The summed E-state index contributed by atoms with van der Waals surface area (Å²) in [7, 11) is 0. The van der Waals surface area contributed by atoms with Crippen molar-refractivity contribution in [2.45, 2.75) is 12.8 Å². The number of anilines is 1. The highest BCUT2D eigenvalue weighted by atomic mass is 16.6. The van der Waals surface area contributed by atoms with Crippen molar-refractivity contribution < 1.29 is 9.72 Å². The highest BCUT2D eigenvalue weighted by Crippen LogP contribution is 2.32. The van der Waals surface area contributed by atoms with Crippen molar-refractivity contribution in [3.05, 3.63) is 40.6 Å². The Balaban J connectivity index is 2.11. The molecule has 0 amide bonds. The first kappa shape index (κ1) is 12.5. The van der Waals surface area contributed by atoms with Crippen molar-refractivity contribution in [2.24, 2.45) is 0 Å². The third-order valence-corrected chi connectivity index (χ3v) is 3.58. The molecule has 3 rings (SSSR count). The number of nitrogens with zero attached hydrogens (tertiary/aromatic N) is 3. The van der Waals surface area contributed by atoms with Gasteiger partial charge in [0, 0.05) is 38.2 Å². The van der Waals surface area contributed by atoms with Crippen LogP contribution in [0.25, 0.3) is 10.9 Å². The first-order valence-electron chi connectivity index (χ1n) is 6.45. The van der Waals surface area contributed by atoms with E-state index < -0.39 is 4.92 Å². The molecular formula is C14H13N3O3. The van der Waals surface area contributed by atoms with E-state index in [-0.39, 0.29) is 11.5 Å². The molecule has 1 aromatic carbocycles. The van der Waals surface area contributed by atoms with E-state index in [1.165, 1.54) is 6.07 Å². The fourth-order valence-electron chi connectivity index (χ4n) is 2.55. The first-order valence-corrected chi connectivity index (χ1v) is 6.45. The fraction of sp³-hybridized carbons (Fsp3) is 0.286. The van der Waals surface area contributed by atoms with Gasteiger partial charge in [-0.25, -0.2) is 0 Å². The van der Waals surface area contributed by atoms with Crippen LogP contribution < -0.4 is 4.90 Å². The minimum absolute atomic E-state index is 0.0601. The molecule has 1 aliphatic heterocycles. The number of piperidine rings is 1. The predicted molar refractivity (Wildman–Crippen MR) is 74.9 cm³/mol. The second-order valence-electron chi connectivity index (χ2n) is 4.79. The molecule has 2 aromatic rings. The van der Waals surface area contributed by atoms with Crippen LogP contribution in [0.3, 0.4) is 0 Å². The number of carbonyl (C=O) groups excluding carboxylic acids is 1. The number of hydrogen-bond acceptors (Lipinski definition) is 5. The molecule has 0 unspecified atom stereocenters. The number of Topliss-reactive ketones (excluding diaryl/α,β-unsaturated/α-hetero) is 1. The van der Waals surface area contributed by atoms with Crippen LogP contribution in [-0.4, -0.2) is 28.8 Å². The Hall–Kier alpha value is -2.50. The summed E-state index contributed by atoms with van der Waals surface area (Å²) in [5.74, 6) is 0.264. The lowest BCUT2D eigenvalue weighted by Gasteiger charge is -2.28. The van der Waals surface area contributed by atoms with Crippen molar-refractivity contribution in [2.75, 3.05) is 18.0 Å². The van der Waals surface area contributed by atoms with E-state index in [1.54, 1.807) is 24.4 Å².